The van der Waals surface area contributed by atoms with Crippen LogP contribution in [0, 0.1) is 0 Å². The van der Waals surface area contributed by atoms with Crippen LogP contribution in [-0.2, 0) is 28.6 Å². The number of hydrogen-bond acceptors (Lipinski definition) is 6. The van der Waals surface area contributed by atoms with Crippen molar-refractivity contribution < 1.29 is 28.6 Å². The minimum Gasteiger partial charge on any atom is -0.462 e. The molecule has 1 atom stereocenters. The van der Waals surface area contributed by atoms with Gasteiger partial charge < -0.3 is 14.2 Å². The number of hydrogen-bond donors (Lipinski definition) is 0. The van der Waals surface area contributed by atoms with Crippen molar-refractivity contribution in [3.8, 4) is 0 Å². The molecule has 0 heterocycles. The standard InChI is InChI=1S/C71H136O6/c1-4-7-10-13-16-19-22-25-27-28-29-30-31-32-33-34-35-36-37-38-39-40-41-42-43-44-47-49-52-55-58-61-64-70(73)76-67-68(66-75-69(72)63-60-57-54-51-48-45-24-21-18-15-12-9-6-3)77-71(74)65-62-59-56-53-50-46-26-23-20-17-14-11-8-5-2/h21,24,68H,4-20,22-23,25-67H2,1-3H3/b24-21-. The Morgan fingerprint density at radius 1 is 0.247 bits per heavy atom. The van der Waals surface area contributed by atoms with E-state index < -0.39 is 6.10 Å². The molecule has 6 heteroatoms. The second-order valence-corrected chi connectivity index (χ2v) is 24.2. The molecule has 0 rings (SSSR count). The van der Waals surface area contributed by atoms with Crippen molar-refractivity contribution in [1.82, 2.24) is 0 Å². The average molecular weight is 1090 g/mol. The normalized spacial score (nSPS) is 12.0. The van der Waals surface area contributed by atoms with E-state index in [0.717, 1.165) is 64.2 Å². The van der Waals surface area contributed by atoms with Crippen molar-refractivity contribution in [2.75, 3.05) is 13.2 Å². The number of allylic oxidation sites excluding steroid dienone is 2. The van der Waals surface area contributed by atoms with Gasteiger partial charge in [0.05, 0.1) is 0 Å². The Bertz CT molecular complexity index is 1200. The maximum Gasteiger partial charge on any atom is 0.306 e. The molecular weight excluding hydrogens is 949 g/mol. The van der Waals surface area contributed by atoms with Gasteiger partial charge in [-0.15, -0.1) is 0 Å². The van der Waals surface area contributed by atoms with Gasteiger partial charge in [-0.1, -0.05) is 354 Å². The van der Waals surface area contributed by atoms with Crippen LogP contribution in [0.3, 0.4) is 0 Å². The summed E-state index contributed by atoms with van der Waals surface area (Å²) >= 11 is 0. The van der Waals surface area contributed by atoms with Gasteiger partial charge in [0, 0.05) is 19.3 Å². The monoisotopic (exact) mass is 1090 g/mol. The highest BCUT2D eigenvalue weighted by molar-refractivity contribution is 5.71. The van der Waals surface area contributed by atoms with Gasteiger partial charge in [0.15, 0.2) is 6.10 Å². The molecule has 456 valence electrons. The van der Waals surface area contributed by atoms with E-state index in [1.807, 2.05) is 0 Å². The zero-order valence-electron chi connectivity index (χ0n) is 52.5. The smallest absolute Gasteiger partial charge is 0.306 e. The molecule has 0 fully saturated rings. The second-order valence-electron chi connectivity index (χ2n) is 24.2. The molecule has 0 saturated heterocycles. The Kier molecular flexibility index (Phi) is 65.1. The topological polar surface area (TPSA) is 78.9 Å². The first-order valence-electron chi connectivity index (χ1n) is 35.2. The van der Waals surface area contributed by atoms with Crippen molar-refractivity contribution in [3.63, 3.8) is 0 Å². The summed E-state index contributed by atoms with van der Waals surface area (Å²) in [6.45, 7) is 6.70. The number of unbranched alkanes of at least 4 members (excludes halogenated alkanes) is 53. The van der Waals surface area contributed by atoms with Crippen LogP contribution in [0.25, 0.3) is 0 Å². The lowest BCUT2D eigenvalue weighted by atomic mass is 10.0. The zero-order chi connectivity index (χ0) is 55.7. The quantitative estimate of drug-likeness (QED) is 0.0261. The van der Waals surface area contributed by atoms with Gasteiger partial charge in [0.1, 0.15) is 13.2 Å². The molecule has 0 bridgehead atoms. The maximum absolute atomic E-state index is 12.9. The van der Waals surface area contributed by atoms with Crippen LogP contribution in [0.15, 0.2) is 12.2 Å². The lowest BCUT2D eigenvalue weighted by Gasteiger charge is -2.18. The van der Waals surface area contributed by atoms with Crippen molar-refractivity contribution in [2.24, 2.45) is 0 Å². The van der Waals surface area contributed by atoms with E-state index in [1.54, 1.807) is 0 Å². The predicted molar refractivity (Wildman–Crippen MR) is 335 cm³/mol. The van der Waals surface area contributed by atoms with Crippen LogP contribution in [0.5, 0.6) is 0 Å². The summed E-state index contributed by atoms with van der Waals surface area (Å²) in [5, 5.41) is 0. The zero-order valence-corrected chi connectivity index (χ0v) is 52.5. The molecule has 1 unspecified atom stereocenters. The van der Waals surface area contributed by atoms with E-state index in [0.29, 0.717) is 19.3 Å². The van der Waals surface area contributed by atoms with Gasteiger partial charge in [-0.25, -0.2) is 0 Å². The molecule has 0 N–H and O–H groups in total. The van der Waals surface area contributed by atoms with E-state index in [4.69, 9.17) is 14.2 Å². The Hall–Kier alpha value is -1.85. The van der Waals surface area contributed by atoms with Crippen LogP contribution in [-0.4, -0.2) is 37.2 Å². The van der Waals surface area contributed by atoms with E-state index >= 15 is 0 Å². The van der Waals surface area contributed by atoms with Crippen LogP contribution < -0.4 is 0 Å². The number of carbonyl (C=O) groups is 3. The van der Waals surface area contributed by atoms with E-state index in [2.05, 4.69) is 32.9 Å². The largest absolute Gasteiger partial charge is 0.462 e. The van der Waals surface area contributed by atoms with Gasteiger partial charge in [0.25, 0.3) is 0 Å². The fourth-order valence-electron chi connectivity index (χ4n) is 11.0. The second kappa shape index (κ2) is 66.7. The summed E-state index contributed by atoms with van der Waals surface area (Å²) in [5.41, 5.74) is 0. The lowest BCUT2D eigenvalue weighted by molar-refractivity contribution is -0.167. The first kappa shape index (κ1) is 75.2. The van der Waals surface area contributed by atoms with E-state index in [1.165, 1.54) is 302 Å². The summed E-state index contributed by atoms with van der Waals surface area (Å²) in [6, 6.07) is 0. The lowest BCUT2D eigenvalue weighted by Crippen LogP contribution is -2.30. The molecule has 0 aliphatic carbocycles. The molecule has 0 amide bonds. The number of rotatable bonds is 66. The summed E-state index contributed by atoms with van der Waals surface area (Å²) in [6.07, 6.45) is 79.8. The fraction of sp³-hybridized carbons (Fsp3) is 0.930. The summed E-state index contributed by atoms with van der Waals surface area (Å²) < 4.78 is 16.9. The number of esters is 3. The van der Waals surface area contributed by atoms with Crippen molar-refractivity contribution in [3.05, 3.63) is 12.2 Å². The molecule has 0 saturated carbocycles. The van der Waals surface area contributed by atoms with Gasteiger partial charge in [0.2, 0.25) is 0 Å². The molecule has 0 radical (unpaired) electrons. The Balaban J connectivity index is 4.05. The van der Waals surface area contributed by atoms with Crippen LogP contribution in [0.1, 0.15) is 406 Å². The first-order chi connectivity index (χ1) is 38.0. The number of carbonyl (C=O) groups excluding carboxylic acids is 3. The fourth-order valence-corrected chi connectivity index (χ4v) is 11.0. The summed E-state index contributed by atoms with van der Waals surface area (Å²) in [4.78, 5) is 38.3. The third-order valence-electron chi connectivity index (χ3n) is 16.3. The van der Waals surface area contributed by atoms with E-state index in [-0.39, 0.29) is 31.1 Å². The van der Waals surface area contributed by atoms with Gasteiger partial charge >= 0.3 is 17.9 Å². The van der Waals surface area contributed by atoms with Crippen LogP contribution >= 0.6 is 0 Å². The van der Waals surface area contributed by atoms with Crippen molar-refractivity contribution in [1.29, 1.82) is 0 Å². The molecule has 6 nitrogen and oxygen atoms in total. The summed E-state index contributed by atoms with van der Waals surface area (Å²) in [7, 11) is 0. The summed E-state index contributed by atoms with van der Waals surface area (Å²) in [5.74, 6) is -0.845. The third-order valence-corrected chi connectivity index (χ3v) is 16.3. The highest BCUT2D eigenvalue weighted by atomic mass is 16.6. The van der Waals surface area contributed by atoms with Crippen molar-refractivity contribution >= 4 is 17.9 Å². The van der Waals surface area contributed by atoms with Crippen LogP contribution in [0.2, 0.25) is 0 Å². The highest BCUT2D eigenvalue weighted by Crippen LogP contribution is 2.19. The molecular formula is C71H136O6. The number of ether oxygens (including phenoxy) is 3. The SMILES string of the molecule is CCCCCC/C=C\CCCCCCCC(=O)OCC(COC(=O)CCCCCCCCCCCCCCCCCCCCCCCCCCCCCCCCCC)OC(=O)CCCCCCCCCCCCCCCC. The minimum atomic E-state index is -0.769. The molecule has 0 spiro atoms. The minimum absolute atomic E-state index is 0.0661. The first-order valence-corrected chi connectivity index (χ1v) is 35.2. The third kappa shape index (κ3) is 64.9. The van der Waals surface area contributed by atoms with Gasteiger partial charge in [-0.2, -0.15) is 0 Å². The maximum atomic E-state index is 12.9. The Morgan fingerprint density at radius 2 is 0.429 bits per heavy atom. The molecule has 0 aromatic carbocycles. The highest BCUT2D eigenvalue weighted by Gasteiger charge is 2.19. The molecule has 0 aliphatic heterocycles. The van der Waals surface area contributed by atoms with Crippen LogP contribution in [0.4, 0.5) is 0 Å². The molecule has 0 aromatic heterocycles. The Labute approximate surface area is 481 Å². The molecule has 0 aromatic rings. The van der Waals surface area contributed by atoms with Crippen molar-refractivity contribution in [2.45, 2.75) is 412 Å². The average Bonchev–Trinajstić information content (AvgIpc) is 3.43. The predicted octanol–water partition coefficient (Wildman–Crippen LogP) is 24.0. The Morgan fingerprint density at radius 3 is 0.662 bits per heavy atom. The molecule has 0 aliphatic rings. The van der Waals surface area contributed by atoms with E-state index in [9.17, 15) is 14.4 Å². The van der Waals surface area contributed by atoms with Gasteiger partial charge in [-0.3, -0.25) is 14.4 Å². The van der Waals surface area contributed by atoms with Gasteiger partial charge in [-0.05, 0) is 44.9 Å². The molecule has 77 heavy (non-hydrogen) atoms.